The molecule has 0 saturated carbocycles. The Morgan fingerprint density at radius 3 is 1.72 bits per heavy atom. The Labute approximate surface area is 156 Å². The predicted molar refractivity (Wildman–Crippen MR) is 103 cm³/mol. The van der Waals surface area contributed by atoms with E-state index in [1.54, 1.807) is 23.2 Å². The van der Waals surface area contributed by atoms with Crippen LogP contribution in [0.4, 0.5) is 11.4 Å². The maximum Gasteiger partial charge on any atom is 0.243 e. The highest BCUT2D eigenvalue weighted by Gasteiger charge is 2.15. The molecule has 126 valence electrons. The van der Waals surface area contributed by atoms with Gasteiger partial charge in [0, 0.05) is 10.0 Å². The van der Waals surface area contributed by atoms with Crippen molar-refractivity contribution in [2.45, 2.75) is 6.42 Å². The van der Waals surface area contributed by atoms with Crippen LogP contribution < -0.4 is 10.4 Å². The van der Waals surface area contributed by atoms with E-state index in [1.807, 2.05) is 60.7 Å². The van der Waals surface area contributed by atoms with Gasteiger partial charge in [-0.25, -0.2) is 0 Å². The highest BCUT2D eigenvalue weighted by molar-refractivity contribution is 6.36. The highest BCUT2D eigenvalue weighted by atomic mass is 35.5. The topological polar surface area (TPSA) is 32.3 Å². The first-order chi connectivity index (χ1) is 12.1. The van der Waals surface area contributed by atoms with Crippen LogP contribution in [0.2, 0.25) is 10.0 Å². The van der Waals surface area contributed by atoms with Crippen LogP contribution in [0, 0.1) is 0 Å². The molecular formula is C20H16Cl2N2O. The van der Waals surface area contributed by atoms with Crippen molar-refractivity contribution in [3.63, 3.8) is 0 Å². The van der Waals surface area contributed by atoms with Crippen molar-refractivity contribution in [1.82, 2.24) is 5.43 Å². The number of hydrazine groups is 1. The summed E-state index contributed by atoms with van der Waals surface area (Å²) in [4.78, 5) is 12.6. The molecule has 0 radical (unpaired) electrons. The zero-order valence-corrected chi connectivity index (χ0v) is 14.8. The summed E-state index contributed by atoms with van der Waals surface area (Å²) in [6.45, 7) is 0. The monoisotopic (exact) mass is 370 g/mol. The Morgan fingerprint density at radius 2 is 1.24 bits per heavy atom. The lowest BCUT2D eigenvalue weighted by Crippen LogP contribution is -2.39. The minimum atomic E-state index is -0.206. The largest absolute Gasteiger partial charge is 0.273 e. The van der Waals surface area contributed by atoms with Gasteiger partial charge in [0.1, 0.15) is 0 Å². The van der Waals surface area contributed by atoms with Gasteiger partial charge in [-0.15, -0.1) is 0 Å². The van der Waals surface area contributed by atoms with Gasteiger partial charge in [-0.1, -0.05) is 65.7 Å². The maximum atomic E-state index is 12.6. The Bertz CT molecular complexity index is 794. The van der Waals surface area contributed by atoms with E-state index in [0.29, 0.717) is 15.6 Å². The Balaban J connectivity index is 1.84. The molecule has 3 rings (SSSR count). The summed E-state index contributed by atoms with van der Waals surface area (Å²) in [5.74, 6) is -0.206. The van der Waals surface area contributed by atoms with Gasteiger partial charge >= 0.3 is 0 Å². The van der Waals surface area contributed by atoms with E-state index >= 15 is 0 Å². The molecule has 0 aromatic heterocycles. The number of carbonyl (C=O) groups is 1. The van der Waals surface area contributed by atoms with E-state index in [1.165, 1.54) is 0 Å². The van der Waals surface area contributed by atoms with Crippen molar-refractivity contribution in [3.05, 3.63) is 94.5 Å². The number of nitrogens with zero attached hydrogens (tertiary/aromatic N) is 1. The van der Waals surface area contributed by atoms with Gasteiger partial charge in [-0.2, -0.15) is 0 Å². The van der Waals surface area contributed by atoms with Crippen LogP contribution in [-0.4, -0.2) is 5.91 Å². The molecule has 5 heteroatoms. The molecule has 3 nitrogen and oxygen atoms in total. The number of hydrogen-bond acceptors (Lipinski definition) is 2. The third-order valence-corrected chi connectivity index (χ3v) is 4.37. The molecule has 0 aliphatic rings. The number of halogens is 2. The molecule has 0 aliphatic heterocycles. The number of amides is 1. The zero-order chi connectivity index (χ0) is 17.6. The van der Waals surface area contributed by atoms with Crippen molar-refractivity contribution in [2.75, 3.05) is 5.01 Å². The van der Waals surface area contributed by atoms with E-state index in [2.05, 4.69) is 5.43 Å². The fraction of sp³-hybridized carbons (Fsp3) is 0.0500. The number of rotatable bonds is 5. The summed E-state index contributed by atoms with van der Waals surface area (Å²) in [5, 5.41) is 2.70. The Hall–Kier alpha value is -2.49. The van der Waals surface area contributed by atoms with Crippen LogP contribution in [0.1, 0.15) is 5.56 Å². The van der Waals surface area contributed by atoms with Crippen LogP contribution in [0.3, 0.4) is 0 Å². The summed E-state index contributed by atoms with van der Waals surface area (Å²) in [6.07, 6.45) is 0.0919. The first-order valence-electron chi connectivity index (χ1n) is 7.78. The maximum absolute atomic E-state index is 12.6. The van der Waals surface area contributed by atoms with Crippen molar-refractivity contribution in [3.8, 4) is 0 Å². The number of carbonyl (C=O) groups excluding carboxylic acids is 1. The van der Waals surface area contributed by atoms with Crippen molar-refractivity contribution in [2.24, 2.45) is 0 Å². The molecule has 0 unspecified atom stereocenters. The molecule has 0 heterocycles. The molecular weight excluding hydrogens is 355 g/mol. The van der Waals surface area contributed by atoms with Gasteiger partial charge in [-0.3, -0.25) is 15.2 Å². The number of benzene rings is 3. The van der Waals surface area contributed by atoms with Crippen molar-refractivity contribution in [1.29, 1.82) is 0 Å². The van der Waals surface area contributed by atoms with E-state index in [0.717, 1.165) is 11.4 Å². The van der Waals surface area contributed by atoms with Gasteiger partial charge in [0.15, 0.2) is 0 Å². The number of nitrogens with one attached hydrogen (secondary N) is 1. The molecule has 0 aliphatic carbocycles. The predicted octanol–water partition coefficient (Wildman–Crippen LogP) is 5.41. The second kappa shape index (κ2) is 8.06. The molecule has 1 N–H and O–H groups in total. The van der Waals surface area contributed by atoms with E-state index in [4.69, 9.17) is 23.2 Å². The second-order valence-electron chi connectivity index (χ2n) is 5.42. The lowest BCUT2D eigenvalue weighted by molar-refractivity contribution is -0.120. The molecule has 0 fully saturated rings. The smallest absolute Gasteiger partial charge is 0.243 e. The second-order valence-corrected chi connectivity index (χ2v) is 6.23. The van der Waals surface area contributed by atoms with Crippen LogP contribution in [-0.2, 0) is 11.2 Å². The van der Waals surface area contributed by atoms with Crippen LogP contribution >= 0.6 is 23.2 Å². The standard InChI is InChI=1S/C20H16Cl2N2O/c21-18-12-7-13-19(22)17(18)14-20(25)23-24(15-8-3-1-4-9-15)16-10-5-2-6-11-16/h1-13H,14H2,(H,23,25). The summed E-state index contributed by atoms with van der Waals surface area (Å²) in [5.41, 5.74) is 5.25. The normalized spacial score (nSPS) is 10.3. The number of anilines is 2. The molecule has 0 saturated heterocycles. The van der Waals surface area contributed by atoms with Gasteiger partial charge in [0.25, 0.3) is 0 Å². The van der Waals surface area contributed by atoms with Gasteiger partial charge in [-0.05, 0) is 42.0 Å². The fourth-order valence-corrected chi connectivity index (χ4v) is 2.99. The third kappa shape index (κ3) is 4.32. The lowest BCUT2D eigenvalue weighted by Gasteiger charge is -2.25. The Kier molecular flexibility index (Phi) is 5.59. The summed E-state index contributed by atoms with van der Waals surface area (Å²) in [6, 6.07) is 24.4. The minimum absolute atomic E-state index is 0.0919. The van der Waals surface area contributed by atoms with Gasteiger partial charge in [0.2, 0.25) is 5.91 Å². The van der Waals surface area contributed by atoms with Crippen LogP contribution in [0.25, 0.3) is 0 Å². The average molecular weight is 371 g/mol. The van der Waals surface area contributed by atoms with Gasteiger partial charge < -0.3 is 0 Å². The van der Waals surface area contributed by atoms with Crippen molar-refractivity contribution >= 4 is 40.5 Å². The van der Waals surface area contributed by atoms with E-state index in [-0.39, 0.29) is 12.3 Å². The molecule has 3 aromatic carbocycles. The lowest BCUT2D eigenvalue weighted by atomic mass is 10.1. The molecule has 3 aromatic rings. The summed E-state index contributed by atoms with van der Waals surface area (Å²) < 4.78 is 0. The van der Waals surface area contributed by atoms with Crippen molar-refractivity contribution < 1.29 is 4.79 Å². The minimum Gasteiger partial charge on any atom is -0.273 e. The van der Waals surface area contributed by atoms with Gasteiger partial charge in [0.05, 0.1) is 17.8 Å². The first kappa shape index (κ1) is 17.3. The molecule has 0 bridgehead atoms. The van der Waals surface area contributed by atoms with Crippen LogP contribution in [0.15, 0.2) is 78.9 Å². The molecule has 25 heavy (non-hydrogen) atoms. The number of hydrogen-bond donors (Lipinski definition) is 1. The summed E-state index contributed by atoms with van der Waals surface area (Å²) in [7, 11) is 0. The fourth-order valence-electron chi connectivity index (χ4n) is 2.46. The SMILES string of the molecule is O=C(Cc1c(Cl)cccc1Cl)NN(c1ccccc1)c1ccccc1. The highest BCUT2D eigenvalue weighted by Crippen LogP contribution is 2.26. The third-order valence-electron chi connectivity index (χ3n) is 3.66. The Morgan fingerprint density at radius 1 is 0.760 bits per heavy atom. The number of para-hydroxylation sites is 2. The molecule has 1 amide bonds. The first-order valence-corrected chi connectivity index (χ1v) is 8.53. The average Bonchev–Trinajstić information content (AvgIpc) is 2.64. The van der Waals surface area contributed by atoms with Crippen LogP contribution in [0.5, 0.6) is 0 Å². The molecule has 0 atom stereocenters. The quantitative estimate of drug-likeness (QED) is 0.609. The summed E-state index contributed by atoms with van der Waals surface area (Å²) >= 11 is 12.3. The van der Waals surface area contributed by atoms with E-state index < -0.39 is 0 Å². The molecule has 0 spiro atoms. The van der Waals surface area contributed by atoms with E-state index in [9.17, 15) is 4.79 Å². The zero-order valence-electron chi connectivity index (χ0n) is 13.3.